The van der Waals surface area contributed by atoms with Crippen molar-refractivity contribution in [3.05, 3.63) is 40.7 Å². The number of nitrogens with one attached hydrogen (secondary N) is 1. The van der Waals surface area contributed by atoms with Gasteiger partial charge in [0.2, 0.25) is 0 Å². The van der Waals surface area contributed by atoms with Crippen molar-refractivity contribution in [2.45, 2.75) is 40.3 Å². The lowest BCUT2D eigenvalue weighted by Crippen LogP contribution is -2.12. The van der Waals surface area contributed by atoms with Crippen molar-refractivity contribution < 1.29 is 0 Å². The standard InChI is InChI=1S/C16H22ClN3/c1-4-8-20-12(3)15(11-19-20)13-6-7-16(17)14(9-13)10-18-5-2/h6-7,9,11,18H,4-5,8,10H2,1-3H3. The fourth-order valence-corrected chi connectivity index (χ4v) is 2.49. The Morgan fingerprint density at radius 1 is 1.30 bits per heavy atom. The van der Waals surface area contributed by atoms with Crippen LogP contribution in [0.3, 0.4) is 0 Å². The molecule has 0 aliphatic carbocycles. The van der Waals surface area contributed by atoms with Crippen molar-refractivity contribution in [2.75, 3.05) is 6.54 Å². The molecule has 0 saturated carbocycles. The second kappa shape index (κ2) is 6.91. The van der Waals surface area contributed by atoms with Crippen LogP contribution in [0.4, 0.5) is 0 Å². The lowest BCUT2D eigenvalue weighted by atomic mass is 10.0. The van der Waals surface area contributed by atoms with Crippen LogP contribution in [0.5, 0.6) is 0 Å². The first kappa shape index (κ1) is 15.1. The Kier molecular flexibility index (Phi) is 5.21. The minimum atomic E-state index is 0.797. The Balaban J connectivity index is 2.33. The summed E-state index contributed by atoms with van der Waals surface area (Å²) >= 11 is 6.25. The highest BCUT2D eigenvalue weighted by Crippen LogP contribution is 2.27. The van der Waals surface area contributed by atoms with Crippen LogP contribution in [0.15, 0.2) is 24.4 Å². The Morgan fingerprint density at radius 2 is 2.10 bits per heavy atom. The van der Waals surface area contributed by atoms with E-state index in [1.807, 2.05) is 12.3 Å². The zero-order valence-corrected chi connectivity index (χ0v) is 13.2. The van der Waals surface area contributed by atoms with Gasteiger partial charge in [0.1, 0.15) is 0 Å². The number of hydrogen-bond acceptors (Lipinski definition) is 2. The number of aryl methyl sites for hydroxylation is 1. The van der Waals surface area contributed by atoms with Crippen molar-refractivity contribution >= 4 is 11.6 Å². The summed E-state index contributed by atoms with van der Waals surface area (Å²) in [7, 11) is 0. The van der Waals surface area contributed by atoms with Gasteiger partial charge in [-0.25, -0.2) is 0 Å². The van der Waals surface area contributed by atoms with Crippen molar-refractivity contribution in [3.63, 3.8) is 0 Å². The maximum atomic E-state index is 6.25. The van der Waals surface area contributed by atoms with Crippen LogP contribution in [0, 0.1) is 6.92 Å². The quantitative estimate of drug-likeness (QED) is 0.871. The van der Waals surface area contributed by atoms with Gasteiger partial charge in [-0.05, 0) is 43.1 Å². The third kappa shape index (κ3) is 3.22. The van der Waals surface area contributed by atoms with Crippen LogP contribution in [-0.2, 0) is 13.1 Å². The number of nitrogens with zero attached hydrogens (tertiary/aromatic N) is 2. The second-order valence-electron chi connectivity index (χ2n) is 4.95. The van der Waals surface area contributed by atoms with E-state index >= 15 is 0 Å². The normalized spacial score (nSPS) is 11.0. The molecule has 0 bridgehead atoms. The van der Waals surface area contributed by atoms with E-state index in [1.54, 1.807) is 0 Å². The highest BCUT2D eigenvalue weighted by atomic mass is 35.5. The summed E-state index contributed by atoms with van der Waals surface area (Å²) in [4.78, 5) is 0. The van der Waals surface area contributed by atoms with Crippen molar-refractivity contribution in [3.8, 4) is 11.1 Å². The molecular weight excluding hydrogens is 270 g/mol. The largest absolute Gasteiger partial charge is 0.313 e. The number of aromatic nitrogens is 2. The van der Waals surface area contributed by atoms with Gasteiger partial charge in [-0.2, -0.15) is 5.10 Å². The fraction of sp³-hybridized carbons (Fsp3) is 0.438. The van der Waals surface area contributed by atoms with Crippen LogP contribution < -0.4 is 5.32 Å². The average Bonchev–Trinajstić information content (AvgIpc) is 2.80. The molecule has 0 spiro atoms. The summed E-state index contributed by atoms with van der Waals surface area (Å²) in [6.07, 6.45) is 3.04. The highest BCUT2D eigenvalue weighted by Gasteiger charge is 2.10. The minimum Gasteiger partial charge on any atom is -0.313 e. The molecule has 108 valence electrons. The predicted molar refractivity (Wildman–Crippen MR) is 85.1 cm³/mol. The fourth-order valence-electron chi connectivity index (χ4n) is 2.30. The van der Waals surface area contributed by atoms with E-state index in [4.69, 9.17) is 11.6 Å². The Morgan fingerprint density at radius 3 is 2.80 bits per heavy atom. The molecule has 0 fully saturated rings. The monoisotopic (exact) mass is 291 g/mol. The molecule has 0 aliphatic rings. The summed E-state index contributed by atoms with van der Waals surface area (Å²) in [5.74, 6) is 0. The van der Waals surface area contributed by atoms with Gasteiger partial charge in [0.25, 0.3) is 0 Å². The zero-order valence-electron chi connectivity index (χ0n) is 12.4. The molecule has 0 atom stereocenters. The highest BCUT2D eigenvalue weighted by molar-refractivity contribution is 6.31. The summed E-state index contributed by atoms with van der Waals surface area (Å²) in [6, 6.07) is 6.20. The minimum absolute atomic E-state index is 0.797. The number of rotatable bonds is 6. The molecule has 2 aromatic rings. The molecule has 3 nitrogen and oxygen atoms in total. The molecular formula is C16H22ClN3. The van der Waals surface area contributed by atoms with Gasteiger partial charge in [-0.15, -0.1) is 0 Å². The first-order valence-corrected chi connectivity index (χ1v) is 7.57. The van der Waals surface area contributed by atoms with E-state index < -0.39 is 0 Å². The summed E-state index contributed by atoms with van der Waals surface area (Å²) in [5.41, 5.74) is 4.72. The van der Waals surface area contributed by atoms with Crippen molar-refractivity contribution in [1.29, 1.82) is 0 Å². The summed E-state index contributed by atoms with van der Waals surface area (Å²) in [5, 5.41) is 8.60. The third-order valence-electron chi connectivity index (χ3n) is 3.46. The first-order valence-electron chi connectivity index (χ1n) is 7.19. The van der Waals surface area contributed by atoms with Crippen LogP contribution in [0.2, 0.25) is 5.02 Å². The topological polar surface area (TPSA) is 29.9 Å². The van der Waals surface area contributed by atoms with Gasteiger partial charge >= 0.3 is 0 Å². The molecule has 20 heavy (non-hydrogen) atoms. The molecule has 0 amide bonds. The molecule has 0 unspecified atom stereocenters. The van der Waals surface area contributed by atoms with Gasteiger partial charge < -0.3 is 5.32 Å². The lowest BCUT2D eigenvalue weighted by molar-refractivity contribution is 0.587. The van der Waals surface area contributed by atoms with E-state index in [0.717, 1.165) is 36.6 Å². The van der Waals surface area contributed by atoms with Crippen LogP contribution in [0.25, 0.3) is 11.1 Å². The number of benzene rings is 1. The molecule has 2 rings (SSSR count). The smallest absolute Gasteiger partial charge is 0.0571 e. The summed E-state index contributed by atoms with van der Waals surface area (Å²) in [6.45, 7) is 9.08. The van der Waals surface area contributed by atoms with E-state index in [-0.39, 0.29) is 0 Å². The van der Waals surface area contributed by atoms with E-state index in [1.165, 1.54) is 16.8 Å². The first-order chi connectivity index (χ1) is 9.67. The van der Waals surface area contributed by atoms with Crippen LogP contribution in [0.1, 0.15) is 31.5 Å². The lowest BCUT2D eigenvalue weighted by Gasteiger charge is -2.09. The van der Waals surface area contributed by atoms with Crippen molar-refractivity contribution in [1.82, 2.24) is 15.1 Å². The van der Waals surface area contributed by atoms with Crippen LogP contribution >= 0.6 is 11.6 Å². The maximum absolute atomic E-state index is 6.25. The van der Waals surface area contributed by atoms with E-state index in [0.29, 0.717) is 0 Å². The Hall–Kier alpha value is -1.32. The predicted octanol–water partition coefficient (Wildman–Crippen LogP) is 4.03. The molecule has 1 N–H and O–H groups in total. The molecule has 1 heterocycles. The van der Waals surface area contributed by atoms with Crippen molar-refractivity contribution in [2.24, 2.45) is 0 Å². The molecule has 0 radical (unpaired) electrons. The molecule has 0 aliphatic heterocycles. The average molecular weight is 292 g/mol. The maximum Gasteiger partial charge on any atom is 0.0571 e. The molecule has 1 aromatic carbocycles. The summed E-state index contributed by atoms with van der Waals surface area (Å²) < 4.78 is 2.06. The number of halogens is 1. The van der Waals surface area contributed by atoms with E-state index in [9.17, 15) is 0 Å². The van der Waals surface area contributed by atoms with Gasteiger partial charge in [0.15, 0.2) is 0 Å². The van der Waals surface area contributed by atoms with Gasteiger partial charge in [-0.1, -0.05) is 31.5 Å². The van der Waals surface area contributed by atoms with Gasteiger partial charge in [0.05, 0.1) is 6.20 Å². The third-order valence-corrected chi connectivity index (χ3v) is 3.83. The second-order valence-corrected chi connectivity index (χ2v) is 5.36. The zero-order chi connectivity index (χ0) is 14.5. The Bertz CT molecular complexity index is 575. The molecule has 0 saturated heterocycles. The van der Waals surface area contributed by atoms with E-state index in [2.05, 4.69) is 48.0 Å². The van der Waals surface area contributed by atoms with Crippen LogP contribution in [-0.4, -0.2) is 16.3 Å². The SMILES string of the molecule is CCCn1ncc(-c2ccc(Cl)c(CNCC)c2)c1C. The molecule has 4 heteroatoms. The Labute approximate surface area is 126 Å². The van der Waals surface area contributed by atoms with Gasteiger partial charge in [0, 0.05) is 29.4 Å². The van der Waals surface area contributed by atoms with Gasteiger partial charge in [-0.3, -0.25) is 4.68 Å². The molecule has 1 aromatic heterocycles. The number of hydrogen-bond donors (Lipinski definition) is 1.